The van der Waals surface area contributed by atoms with Crippen LogP contribution in [0.1, 0.15) is 24.1 Å². The zero-order chi connectivity index (χ0) is 14.0. The Morgan fingerprint density at radius 2 is 2.05 bits per heavy atom. The van der Waals surface area contributed by atoms with Crippen molar-refractivity contribution in [2.75, 3.05) is 19.5 Å². The van der Waals surface area contributed by atoms with Crippen molar-refractivity contribution in [1.82, 2.24) is 20.2 Å². The molecule has 6 nitrogen and oxygen atoms in total. The molecule has 2 rings (SSSR count). The van der Waals surface area contributed by atoms with Crippen LogP contribution in [0.4, 0.5) is 5.69 Å². The SMILES string of the molecule is COCC(C)n1nnnc1-c1cc(N)c(C)cc1C. The minimum Gasteiger partial charge on any atom is -0.398 e. The standard InChI is InChI=1S/C13H19N5O/c1-8-5-9(2)12(14)6-11(8)13-15-16-17-18(13)10(3)7-19-4/h5-6,10H,7,14H2,1-4H3. The first-order valence-electron chi connectivity index (χ1n) is 6.18. The maximum Gasteiger partial charge on any atom is 0.182 e. The molecule has 1 aromatic heterocycles. The number of tetrazole rings is 1. The van der Waals surface area contributed by atoms with Gasteiger partial charge in [0.2, 0.25) is 0 Å². The minimum absolute atomic E-state index is 0.0666. The molecule has 19 heavy (non-hydrogen) atoms. The van der Waals surface area contributed by atoms with Crippen molar-refractivity contribution in [3.8, 4) is 11.4 Å². The zero-order valence-corrected chi connectivity index (χ0v) is 11.7. The molecule has 0 aliphatic carbocycles. The van der Waals surface area contributed by atoms with E-state index in [1.807, 2.05) is 32.9 Å². The molecular formula is C13H19N5O. The molecule has 0 radical (unpaired) electrons. The summed E-state index contributed by atoms with van der Waals surface area (Å²) in [7, 11) is 1.66. The molecule has 0 spiro atoms. The third-order valence-corrected chi connectivity index (χ3v) is 3.17. The third kappa shape index (κ3) is 2.58. The second kappa shape index (κ2) is 5.36. The van der Waals surface area contributed by atoms with Crippen molar-refractivity contribution in [1.29, 1.82) is 0 Å². The number of methoxy groups -OCH3 is 1. The van der Waals surface area contributed by atoms with Crippen molar-refractivity contribution in [2.24, 2.45) is 0 Å². The van der Waals surface area contributed by atoms with Crippen LogP contribution in [0.5, 0.6) is 0 Å². The van der Waals surface area contributed by atoms with Gasteiger partial charge in [0, 0.05) is 18.4 Å². The fourth-order valence-electron chi connectivity index (χ4n) is 2.09. The predicted octanol–water partition coefficient (Wildman–Crippen LogP) is 1.75. The van der Waals surface area contributed by atoms with E-state index in [-0.39, 0.29) is 6.04 Å². The second-order valence-corrected chi connectivity index (χ2v) is 4.78. The van der Waals surface area contributed by atoms with Gasteiger partial charge < -0.3 is 10.5 Å². The van der Waals surface area contributed by atoms with Crippen LogP contribution in [-0.4, -0.2) is 33.9 Å². The molecule has 0 aliphatic rings. The molecule has 1 aromatic carbocycles. The quantitative estimate of drug-likeness (QED) is 0.848. The molecule has 1 unspecified atom stereocenters. The first kappa shape index (κ1) is 13.5. The molecule has 1 atom stereocenters. The van der Waals surface area contributed by atoms with E-state index in [9.17, 15) is 0 Å². The van der Waals surface area contributed by atoms with Crippen LogP contribution in [0.15, 0.2) is 12.1 Å². The van der Waals surface area contributed by atoms with Crippen molar-refractivity contribution < 1.29 is 4.74 Å². The van der Waals surface area contributed by atoms with Gasteiger partial charge in [-0.1, -0.05) is 6.07 Å². The topological polar surface area (TPSA) is 78.8 Å². The lowest BCUT2D eigenvalue weighted by Gasteiger charge is -2.14. The predicted molar refractivity (Wildman–Crippen MR) is 73.7 cm³/mol. The number of hydrogen-bond acceptors (Lipinski definition) is 5. The van der Waals surface area contributed by atoms with Gasteiger partial charge in [0.1, 0.15) is 0 Å². The van der Waals surface area contributed by atoms with Crippen LogP contribution in [-0.2, 0) is 4.74 Å². The molecule has 6 heteroatoms. The Balaban J connectivity index is 2.48. The molecule has 2 N–H and O–H groups in total. The highest BCUT2D eigenvalue weighted by atomic mass is 16.5. The summed E-state index contributed by atoms with van der Waals surface area (Å²) >= 11 is 0. The molecule has 102 valence electrons. The number of nitrogens with zero attached hydrogens (tertiary/aromatic N) is 4. The molecule has 1 heterocycles. The summed E-state index contributed by atoms with van der Waals surface area (Å²) in [5.74, 6) is 0.716. The molecular weight excluding hydrogens is 242 g/mol. The second-order valence-electron chi connectivity index (χ2n) is 4.78. The van der Waals surface area contributed by atoms with E-state index in [0.29, 0.717) is 12.4 Å². The van der Waals surface area contributed by atoms with Crippen LogP contribution in [0.25, 0.3) is 11.4 Å². The molecule has 0 saturated carbocycles. The largest absolute Gasteiger partial charge is 0.398 e. The van der Waals surface area contributed by atoms with E-state index < -0.39 is 0 Å². The lowest BCUT2D eigenvalue weighted by molar-refractivity contribution is 0.156. The highest BCUT2D eigenvalue weighted by Crippen LogP contribution is 2.27. The fourth-order valence-corrected chi connectivity index (χ4v) is 2.09. The molecule has 0 saturated heterocycles. The minimum atomic E-state index is 0.0666. The Labute approximate surface area is 112 Å². The molecule has 0 fully saturated rings. The summed E-state index contributed by atoms with van der Waals surface area (Å²) in [5.41, 5.74) is 9.84. The van der Waals surface area contributed by atoms with Crippen LogP contribution in [0.3, 0.4) is 0 Å². The Morgan fingerprint density at radius 1 is 1.32 bits per heavy atom. The number of rotatable bonds is 4. The van der Waals surface area contributed by atoms with Crippen LogP contribution in [0, 0.1) is 13.8 Å². The lowest BCUT2D eigenvalue weighted by atomic mass is 10.0. The molecule has 2 aromatic rings. The van der Waals surface area contributed by atoms with Crippen LogP contribution >= 0.6 is 0 Å². The number of anilines is 1. The molecule has 0 amide bonds. The van der Waals surface area contributed by atoms with E-state index in [1.165, 1.54) is 0 Å². The van der Waals surface area contributed by atoms with Crippen molar-refractivity contribution in [3.63, 3.8) is 0 Å². The lowest BCUT2D eigenvalue weighted by Crippen LogP contribution is -2.14. The number of nitrogens with two attached hydrogens (primary N) is 1. The maximum absolute atomic E-state index is 5.98. The van der Waals surface area contributed by atoms with Gasteiger partial charge in [-0.25, -0.2) is 4.68 Å². The highest BCUT2D eigenvalue weighted by molar-refractivity contribution is 5.67. The summed E-state index contributed by atoms with van der Waals surface area (Å²) in [6, 6.07) is 4.04. The Bertz CT molecular complexity index is 578. The van der Waals surface area contributed by atoms with Crippen molar-refractivity contribution in [3.05, 3.63) is 23.3 Å². The highest BCUT2D eigenvalue weighted by Gasteiger charge is 2.16. The summed E-state index contributed by atoms with van der Waals surface area (Å²) in [6.07, 6.45) is 0. The normalized spacial score (nSPS) is 12.6. The van der Waals surface area contributed by atoms with E-state index >= 15 is 0 Å². The number of ether oxygens (including phenoxy) is 1. The average Bonchev–Trinajstić information content (AvgIpc) is 2.83. The van der Waals surface area contributed by atoms with E-state index in [1.54, 1.807) is 11.8 Å². The average molecular weight is 261 g/mol. The van der Waals surface area contributed by atoms with Crippen LogP contribution < -0.4 is 5.73 Å². The van der Waals surface area contributed by atoms with Gasteiger partial charge in [-0.2, -0.15) is 0 Å². The van der Waals surface area contributed by atoms with Gasteiger partial charge in [0.25, 0.3) is 0 Å². The van der Waals surface area contributed by atoms with Gasteiger partial charge in [-0.05, 0) is 48.4 Å². The van der Waals surface area contributed by atoms with Gasteiger partial charge in [-0.3, -0.25) is 0 Å². The van der Waals surface area contributed by atoms with Gasteiger partial charge >= 0.3 is 0 Å². The number of benzene rings is 1. The summed E-state index contributed by atoms with van der Waals surface area (Å²) < 4.78 is 6.91. The van der Waals surface area contributed by atoms with Crippen LogP contribution in [0.2, 0.25) is 0 Å². The zero-order valence-electron chi connectivity index (χ0n) is 11.7. The first-order chi connectivity index (χ1) is 9.04. The Morgan fingerprint density at radius 3 is 2.74 bits per heavy atom. The van der Waals surface area contributed by atoms with E-state index in [2.05, 4.69) is 15.5 Å². The third-order valence-electron chi connectivity index (χ3n) is 3.17. The maximum atomic E-state index is 5.98. The Kier molecular flexibility index (Phi) is 3.80. The summed E-state index contributed by atoms with van der Waals surface area (Å²) in [6.45, 7) is 6.58. The monoisotopic (exact) mass is 261 g/mol. The molecule has 0 bridgehead atoms. The smallest absolute Gasteiger partial charge is 0.182 e. The first-order valence-corrected chi connectivity index (χ1v) is 6.18. The fraction of sp³-hybridized carbons (Fsp3) is 0.462. The summed E-state index contributed by atoms with van der Waals surface area (Å²) in [5, 5.41) is 11.9. The summed E-state index contributed by atoms with van der Waals surface area (Å²) in [4.78, 5) is 0. The van der Waals surface area contributed by atoms with Crippen molar-refractivity contribution in [2.45, 2.75) is 26.8 Å². The number of nitrogen functional groups attached to an aromatic ring is 1. The van der Waals surface area contributed by atoms with Gasteiger partial charge in [0.05, 0.1) is 12.6 Å². The van der Waals surface area contributed by atoms with Gasteiger partial charge in [-0.15, -0.1) is 5.10 Å². The number of aromatic nitrogens is 4. The van der Waals surface area contributed by atoms with Gasteiger partial charge in [0.15, 0.2) is 5.82 Å². The number of aryl methyl sites for hydroxylation is 2. The van der Waals surface area contributed by atoms with Crippen molar-refractivity contribution >= 4 is 5.69 Å². The number of hydrogen-bond donors (Lipinski definition) is 1. The van der Waals surface area contributed by atoms with E-state index in [0.717, 1.165) is 22.4 Å². The van der Waals surface area contributed by atoms with E-state index in [4.69, 9.17) is 10.5 Å². The Hall–Kier alpha value is -1.95. The molecule has 0 aliphatic heterocycles.